The number of hydrogen-bond donors (Lipinski definition) is 2. The first-order chi connectivity index (χ1) is 8.66. The Morgan fingerprint density at radius 1 is 1.33 bits per heavy atom. The number of ether oxygens (including phenoxy) is 1. The smallest absolute Gasteiger partial charge is 0.222 e. The Hall–Kier alpha value is -1.27. The quantitative estimate of drug-likeness (QED) is 0.583. The number of hydrogen-bond acceptors (Lipinski definition) is 5. The van der Waals surface area contributed by atoms with E-state index in [1.54, 1.807) is 6.20 Å². The fourth-order valence-electron chi connectivity index (χ4n) is 2.52. The molecule has 4 N–H and O–H groups in total. The first kappa shape index (κ1) is 13.2. The average Bonchev–Trinajstić information content (AvgIpc) is 2.75. The number of amides is 1. The Morgan fingerprint density at radius 2 is 2.17 bits per heavy atom. The maximum Gasteiger partial charge on any atom is 0.222 e. The average molecular weight is 254 g/mol. The molecule has 2 aliphatic rings. The van der Waals surface area contributed by atoms with Crippen LogP contribution < -0.4 is 11.6 Å². The van der Waals surface area contributed by atoms with Crippen molar-refractivity contribution in [3.05, 3.63) is 11.9 Å². The normalized spacial score (nSPS) is 30.2. The van der Waals surface area contributed by atoms with Gasteiger partial charge in [0.05, 0.1) is 25.0 Å². The zero-order valence-corrected chi connectivity index (χ0v) is 10.7. The van der Waals surface area contributed by atoms with Crippen molar-refractivity contribution in [1.82, 2.24) is 9.91 Å². The summed E-state index contributed by atoms with van der Waals surface area (Å²) >= 11 is 0. The highest BCUT2D eigenvalue weighted by molar-refractivity contribution is 5.76. The van der Waals surface area contributed by atoms with Crippen LogP contribution >= 0.6 is 0 Å². The summed E-state index contributed by atoms with van der Waals surface area (Å²) in [5.41, 5.74) is 6.42. The minimum absolute atomic E-state index is 0.215. The maximum absolute atomic E-state index is 12.1. The number of rotatable bonds is 0. The zero-order chi connectivity index (χ0) is 13.0. The molecule has 0 aliphatic carbocycles. The SMILES string of the molecule is N/C1=C\N(N)CCCC(=O)N2CCCC2COC1. The van der Waals surface area contributed by atoms with Crippen molar-refractivity contribution in [3.8, 4) is 0 Å². The summed E-state index contributed by atoms with van der Waals surface area (Å²) in [6, 6.07) is 0.221. The zero-order valence-electron chi connectivity index (χ0n) is 10.7. The summed E-state index contributed by atoms with van der Waals surface area (Å²) in [7, 11) is 0. The minimum Gasteiger partial charge on any atom is -0.399 e. The van der Waals surface area contributed by atoms with Crippen molar-refractivity contribution < 1.29 is 9.53 Å². The molecule has 1 fully saturated rings. The summed E-state index contributed by atoms with van der Waals surface area (Å²) in [6.07, 6.45) is 5.06. The van der Waals surface area contributed by atoms with Gasteiger partial charge in [-0.1, -0.05) is 0 Å². The number of carbonyl (C=O) groups excluding carboxylic acids is 1. The highest BCUT2D eigenvalue weighted by Gasteiger charge is 2.28. The molecule has 2 aliphatic heterocycles. The van der Waals surface area contributed by atoms with Crippen LogP contribution in [0.2, 0.25) is 0 Å². The molecule has 102 valence electrons. The molecule has 2 heterocycles. The van der Waals surface area contributed by atoms with Gasteiger partial charge < -0.3 is 20.4 Å². The van der Waals surface area contributed by atoms with E-state index in [0.717, 1.165) is 25.8 Å². The van der Waals surface area contributed by atoms with Gasteiger partial charge in [-0.2, -0.15) is 0 Å². The molecule has 1 amide bonds. The van der Waals surface area contributed by atoms with Crippen molar-refractivity contribution >= 4 is 5.91 Å². The topological polar surface area (TPSA) is 84.8 Å². The summed E-state index contributed by atoms with van der Waals surface area (Å²) in [5, 5.41) is 1.52. The molecule has 0 spiro atoms. The van der Waals surface area contributed by atoms with E-state index in [2.05, 4.69) is 0 Å². The Bertz CT molecular complexity index is 332. The van der Waals surface area contributed by atoms with Crippen LogP contribution in [-0.4, -0.2) is 48.2 Å². The summed E-state index contributed by atoms with van der Waals surface area (Å²) in [5.74, 6) is 5.97. The Balaban J connectivity index is 2.01. The Morgan fingerprint density at radius 3 is 3.00 bits per heavy atom. The van der Waals surface area contributed by atoms with Crippen molar-refractivity contribution in [2.24, 2.45) is 11.6 Å². The van der Waals surface area contributed by atoms with Crippen LogP contribution in [0.3, 0.4) is 0 Å². The fraction of sp³-hybridized carbons (Fsp3) is 0.750. The number of hydrazine groups is 1. The molecule has 2 rings (SSSR count). The second kappa shape index (κ2) is 6.06. The van der Waals surface area contributed by atoms with E-state index in [1.807, 2.05) is 4.90 Å². The first-order valence-corrected chi connectivity index (χ1v) is 6.51. The van der Waals surface area contributed by atoms with Gasteiger partial charge in [0.25, 0.3) is 0 Å². The van der Waals surface area contributed by atoms with Crippen molar-refractivity contribution in [2.45, 2.75) is 31.7 Å². The minimum atomic E-state index is 0.215. The van der Waals surface area contributed by atoms with Crippen LogP contribution in [0.1, 0.15) is 25.7 Å². The Labute approximate surface area is 107 Å². The number of carbonyl (C=O) groups is 1. The maximum atomic E-state index is 12.1. The van der Waals surface area contributed by atoms with Gasteiger partial charge in [0.2, 0.25) is 5.91 Å². The largest absolute Gasteiger partial charge is 0.399 e. The molecular formula is C12H22N4O2. The molecule has 0 aromatic heterocycles. The highest BCUT2D eigenvalue weighted by atomic mass is 16.5. The molecule has 0 radical (unpaired) electrons. The first-order valence-electron chi connectivity index (χ1n) is 6.51. The van der Waals surface area contributed by atoms with Crippen LogP contribution in [-0.2, 0) is 9.53 Å². The van der Waals surface area contributed by atoms with Crippen LogP contribution in [0.5, 0.6) is 0 Å². The standard InChI is InChI=1S/C12H22N4O2/c13-10-7-15(14)5-2-4-12(17)16-6-1-3-11(16)9-18-8-10/h7,11H,1-6,8-9,13-14H2/b10-7-. The van der Waals surface area contributed by atoms with Gasteiger partial charge in [-0.05, 0) is 19.3 Å². The van der Waals surface area contributed by atoms with E-state index in [9.17, 15) is 4.79 Å². The third kappa shape index (κ3) is 3.36. The molecule has 18 heavy (non-hydrogen) atoms. The van der Waals surface area contributed by atoms with E-state index >= 15 is 0 Å². The van der Waals surface area contributed by atoms with Crippen LogP contribution in [0.25, 0.3) is 0 Å². The van der Waals surface area contributed by atoms with Crippen molar-refractivity contribution in [2.75, 3.05) is 26.3 Å². The monoisotopic (exact) mass is 254 g/mol. The summed E-state index contributed by atoms with van der Waals surface area (Å²) in [6.45, 7) is 2.41. The van der Waals surface area contributed by atoms with Gasteiger partial charge in [-0.25, -0.2) is 5.84 Å². The molecular weight excluding hydrogens is 232 g/mol. The summed E-state index contributed by atoms with van der Waals surface area (Å²) < 4.78 is 5.56. The second-order valence-electron chi connectivity index (χ2n) is 4.94. The lowest BCUT2D eigenvalue weighted by Crippen LogP contribution is -2.39. The van der Waals surface area contributed by atoms with E-state index in [4.69, 9.17) is 16.3 Å². The third-order valence-corrected chi connectivity index (χ3v) is 3.42. The molecule has 1 unspecified atom stereocenters. The van der Waals surface area contributed by atoms with E-state index in [1.165, 1.54) is 5.01 Å². The van der Waals surface area contributed by atoms with Gasteiger partial charge in [0.1, 0.15) is 0 Å². The molecule has 0 saturated carbocycles. The van der Waals surface area contributed by atoms with E-state index in [-0.39, 0.29) is 11.9 Å². The van der Waals surface area contributed by atoms with Crippen LogP contribution in [0, 0.1) is 0 Å². The molecule has 1 saturated heterocycles. The van der Waals surface area contributed by atoms with Gasteiger partial charge in [-0.3, -0.25) is 4.79 Å². The molecule has 6 nitrogen and oxygen atoms in total. The molecule has 0 aromatic carbocycles. The molecule has 0 aromatic rings. The predicted octanol–water partition coefficient (Wildman–Crippen LogP) is -0.236. The molecule has 6 heteroatoms. The number of nitrogens with zero attached hydrogens (tertiary/aromatic N) is 2. The lowest BCUT2D eigenvalue weighted by atomic mass is 10.2. The lowest BCUT2D eigenvalue weighted by molar-refractivity contribution is -0.133. The number of fused-ring (bicyclic) bond motifs is 1. The highest BCUT2D eigenvalue weighted by Crippen LogP contribution is 2.19. The lowest BCUT2D eigenvalue weighted by Gasteiger charge is -2.26. The fourth-order valence-corrected chi connectivity index (χ4v) is 2.52. The van der Waals surface area contributed by atoms with E-state index in [0.29, 0.717) is 31.9 Å². The van der Waals surface area contributed by atoms with Gasteiger partial charge in [-0.15, -0.1) is 0 Å². The molecule has 0 bridgehead atoms. The van der Waals surface area contributed by atoms with Gasteiger partial charge in [0, 0.05) is 25.7 Å². The van der Waals surface area contributed by atoms with E-state index < -0.39 is 0 Å². The van der Waals surface area contributed by atoms with Gasteiger partial charge in [0.15, 0.2) is 0 Å². The Kier molecular flexibility index (Phi) is 4.43. The van der Waals surface area contributed by atoms with Crippen molar-refractivity contribution in [3.63, 3.8) is 0 Å². The van der Waals surface area contributed by atoms with Crippen LogP contribution in [0.4, 0.5) is 0 Å². The third-order valence-electron chi connectivity index (χ3n) is 3.42. The number of nitrogens with two attached hydrogens (primary N) is 2. The molecule has 1 atom stereocenters. The van der Waals surface area contributed by atoms with Crippen molar-refractivity contribution in [1.29, 1.82) is 0 Å². The second-order valence-corrected chi connectivity index (χ2v) is 4.94. The summed E-state index contributed by atoms with van der Waals surface area (Å²) in [4.78, 5) is 14.0. The van der Waals surface area contributed by atoms with Gasteiger partial charge >= 0.3 is 0 Å². The predicted molar refractivity (Wildman–Crippen MR) is 68.0 cm³/mol. The van der Waals surface area contributed by atoms with Crippen LogP contribution in [0.15, 0.2) is 11.9 Å².